The number of carbonyl (C=O) groups excluding carboxylic acids is 1. The van der Waals surface area contributed by atoms with E-state index in [1.54, 1.807) is 30.3 Å². The first-order chi connectivity index (χ1) is 14.2. The number of hydrogen-bond donors (Lipinski definition) is 0. The summed E-state index contributed by atoms with van der Waals surface area (Å²) in [5.41, 5.74) is -0.526. The maximum Gasteiger partial charge on any atom is 0.573 e. The Labute approximate surface area is 173 Å². The van der Waals surface area contributed by atoms with Gasteiger partial charge in [-0.3, -0.25) is 0 Å². The average Bonchev–Trinajstić information content (AvgIpc) is 2.69. The highest BCUT2D eigenvalue weighted by Gasteiger charge is 2.39. The number of ether oxygens (including phenoxy) is 3. The molecule has 1 saturated carbocycles. The second kappa shape index (κ2) is 8.98. The molecule has 1 aliphatic carbocycles. The number of hydrogen-bond acceptors (Lipinski definition) is 4. The molecule has 0 heterocycles. The van der Waals surface area contributed by atoms with Gasteiger partial charge in [-0.05, 0) is 61.9 Å². The molecular weight excluding hydrogens is 397 g/mol. The van der Waals surface area contributed by atoms with Gasteiger partial charge in [0.2, 0.25) is 0 Å². The molecular formula is C23H25F3O4. The van der Waals surface area contributed by atoms with Crippen LogP contribution < -0.4 is 14.2 Å². The highest BCUT2D eigenvalue weighted by Crippen LogP contribution is 2.42. The van der Waals surface area contributed by atoms with Gasteiger partial charge in [0, 0.05) is 0 Å². The molecule has 2 aromatic rings. The van der Waals surface area contributed by atoms with Gasteiger partial charge in [0.05, 0.1) is 5.56 Å². The maximum absolute atomic E-state index is 12.9. The van der Waals surface area contributed by atoms with Gasteiger partial charge in [0.15, 0.2) is 11.5 Å². The molecule has 0 amide bonds. The summed E-state index contributed by atoms with van der Waals surface area (Å²) in [6, 6.07) is 12.1. The van der Waals surface area contributed by atoms with Crippen LogP contribution >= 0.6 is 0 Å². The summed E-state index contributed by atoms with van der Waals surface area (Å²) in [5, 5.41) is 0. The Balaban J connectivity index is 1.93. The normalized spacial score (nSPS) is 16.2. The number of benzene rings is 2. The Morgan fingerprint density at radius 3 is 2.23 bits per heavy atom. The van der Waals surface area contributed by atoms with E-state index in [-0.39, 0.29) is 17.2 Å². The zero-order chi connectivity index (χ0) is 21.8. The number of alkyl halides is 3. The molecule has 0 bridgehead atoms. The van der Waals surface area contributed by atoms with Crippen molar-refractivity contribution >= 4 is 5.97 Å². The van der Waals surface area contributed by atoms with Crippen LogP contribution in [0.2, 0.25) is 0 Å². The summed E-state index contributed by atoms with van der Waals surface area (Å²) in [6.45, 7) is 3.98. The van der Waals surface area contributed by atoms with Crippen LogP contribution in [0.5, 0.6) is 17.2 Å². The number of carbonyl (C=O) groups is 1. The van der Waals surface area contributed by atoms with Crippen LogP contribution in [0.3, 0.4) is 0 Å². The van der Waals surface area contributed by atoms with Crippen molar-refractivity contribution < 1.29 is 32.2 Å². The molecule has 1 aliphatic rings. The first-order valence-electron chi connectivity index (χ1n) is 10.0. The third kappa shape index (κ3) is 5.46. The van der Waals surface area contributed by atoms with E-state index in [1.165, 1.54) is 12.1 Å². The number of esters is 1. The highest BCUT2D eigenvalue weighted by molar-refractivity contribution is 5.91. The summed E-state index contributed by atoms with van der Waals surface area (Å²) < 4.78 is 54.5. The van der Waals surface area contributed by atoms with Crippen molar-refractivity contribution in [3.63, 3.8) is 0 Å². The zero-order valence-electron chi connectivity index (χ0n) is 17.0. The van der Waals surface area contributed by atoms with Crippen molar-refractivity contribution in [1.82, 2.24) is 0 Å². The summed E-state index contributed by atoms with van der Waals surface area (Å²) in [5.74, 6) is -0.843. The third-order valence-corrected chi connectivity index (χ3v) is 5.42. The highest BCUT2D eigenvalue weighted by atomic mass is 19.4. The first-order valence-corrected chi connectivity index (χ1v) is 10.0. The Bertz CT molecular complexity index is 856. The molecule has 0 aromatic heterocycles. The topological polar surface area (TPSA) is 44.8 Å². The molecule has 0 atom stereocenters. The van der Waals surface area contributed by atoms with Crippen LogP contribution in [0.4, 0.5) is 13.2 Å². The minimum Gasteiger partial charge on any atom is -0.483 e. The molecule has 7 heteroatoms. The zero-order valence-corrected chi connectivity index (χ0v) is 17.0. The van der Waals surface area contributed by atoms with Gasteiger partial charge in [0.1, 0.15) is 11.4 Å². The van der Waals surface area contributed by atoms with Crippen LogP contribution in [0.25, 0.3) is 0 Å². The van der Waals surface area contributed by atoms with E-state index in [0.717, 1.165) is 38.2 Å². The largest absolute Gasteiger partial charge is 0.573 e. The van der Waals surface area contributed by atoms with E-state index in [2.05, 4.69) is 4.74 Å². The summed E-state index contributed by atoms with van der Waals surface area (Å²) in [4.78, 5) is 12.5. The lowest BCUT2D eigenvalue weighted by Gasteiger charge is -2.41. The minimum atomic E-state index is -4.87. The second-order valence-electron chi connectivity index (χ2n) is 7.79. The molecule has 0 aliphatic heterocycles. The van der Waals surface area contributed by atoms with Gasteiger partial charge < -0.3 is 14.2 Å². The fourth-order valence-corrected chi connectivity index (χ4v) is 3.74. The predicted molar refractivity (Wildman–Crippen MR) is 106 cm³/mol. The van der Waals surface area contributed by atoms with Gasteiger partial charge in [0.25, 0.3) is 0 Å². The molecule has 0 spiro atoms. The third-order valence-electron chi connectivity index (χ3n) is 5.42. The lowest BCUT2D eigenvalue weighted by Crippen LogP contribution is -2.43. The fourth-order valence-electron chi connectivity index (χ4n) is 3.74. The smallest absolute Gasteiger partial charge is 0.483 e. The summed E-state index contributed by atoms with van der Waals surface area (Å²) in [7, 11) is 0. The van der Waals surface area contributed by atoms with Crippen molar-refractivity contribution in [2.75, 3.05) is 0 Å². The van der Waals surface area contributed by atoms with E-state index in [1.807, 2.05) is 13.8 Å². The lowest BCUT2D eigenvalue weighted by molar-refractivity contribution is -0.275. The summed E-state index contributed by atoms with van der Waals surface area (Å²) >= 11 is 0. The van der Waals surface area contributed by atoms with Gasteiger partial charge in [-0.1, -0.05) is 38.5 Å². The molecule has 30 heavy (non-hydrogen) atoms. The van der Waals surface area contributed by atoms with Gasteiger partial charge in [-0.15, -0.1) is 13.2 Å². The molecule has 1 fully saturated rings. The number of halogens is 3. The fraction of sp³-hybridized carbons (Fsp3) is 0.435. The van der Waals surface area contributed by atoms with Gasteiger partial charge >= 0.3 is 12.3 Å². The lowest BCUT2D eigenvalue weighted by atomic mass is 9.77. The molecule has 0 unspecified atom stereocenters. The quantitative estimate of drug-likeness (QED) is 0.392. The first kappa shape index (κ1) is 22.0. The van der Waals surface area contributed by atoms with E-state index >= 15 is 0 Å². The predicted octanol–water partition coefficient (Wildman–Crippen LogP) is 6.54. The molecule has 0 N–H and O–H groups in total. The average molecular weight is 422 g/mol. The molecule has 3 rings (SSSR count). The van der Waals surface area contributed by atoms with Crippen molar-refractivity contribution in [3.05, 3.63) is 54.1 Å². The minimum absolute atomic E-state index is 0.0801. The van der Waals surface area contributed by atoms with Crippen LogP contribution in [-0.4, -0.2) is 17.9 Å². The van der Waals surface area contributed by atoms with Crippen LogP contribution in [-0.2, 0) is 0 Å². The van der Waals surface area contributed by atoms with Crippen molar-refractivity contribution in [1.29, 1.82) is 0 Å². The molecule has 162 valence electrons. The Kier molecular flexibility index (Phi) is 6.58. The molecule has 4 nitrogen and oxygen atoms in total. The van der Waals surface area contributed by atoms with E-state index in [0.29, 0.717) is 5.75 Å². The Morgan fingerprint density at radius 1 is 0.967 bits per heavy atom. The SMILES string of the molecule is CC(C)C1(Oc2cc(C(=O)Oc3ccccc3)ccc2OC(F)(F)F)CCCCC1. The monoisotopic (exact) mass is 422 g/mol. The summed E-state index contributed by atoms with van der Waals surface area (Å²) in [6.07, 6.45) is -0.481. The van der Waals surface area contributed by atoms with Crippen LogP contribution in [0, 0.1) is 5.92 Å². The van der Waals surface area contributed by atoms with Crippen molar-refractivity contribution in [2.24, 2.45) is 5.92 Å². The van der Waals surface area contributed by atoms with Crippen molar-refractivity contribution in [2.45, 2.75) is 57.9 Å². The van der Waals surface area contributed by atoms with Crippen LogP contribution in [0.1, 0.15) is 56.3 Å². The van der Waals surface area contributed by atoms with Crippen molar-refractivity contribution in [3.8, 4) is 17.2 Å². The molecule has 0 radical (unpaired) electrons. The van der Waals surface area contributed by atoms with Crippen LogP contribution in [0.15, 0.2) is 48.5 Å². The Morgan fingerprint density at radius 2 is 1.63 bits per heavy atom. The number of rotatable bonds is 6. The maximum atomic E-state index is 12.9. The Hall–Kier alpha value is -2.70. The van der Waals surface area contributed by atoms with E-state index < -0.39 is 23.7 Å². The van der Waals surface area contributed by atoms with E-state index in [4.69, 9.17) is 9.47 Å². The van der Waals surface area contributed by atoms with Gasteiger partial charge in [-0.2, -0.15) is 0 Å². The standard InChI is InChI=1S/C23H25F3O4/c1-16(2)22(13-7-4-8-14-22)29-20-15-17(11-12-19(20)30-23(24,25)26)21(27)28-18-9-5-3-6-10-18/h3,5-6,9-12,15-16H,4,7-8,13-14H2,1-2H3. The number of para-hydroxylation sites is 1. The van der Waals surface area contributed by atoms with Gasteiger partial charge in [-0.25, -0.2) is 4.79 Å². The molecule has 2 aromatic carbocycles. The van der Waals surface area contributed by atoms with E-state index in [9.17, 15) is 18.0 Å². The molecule has 0 saturated heterocycles. The second-order valence-corrected chi connectivity index (χ2v) is 7.79.